The molecule has 1 aromatic rings. The second-order valence-corrected chi connectivity index (χ2v) is 11.0. The van der Waals surface area contributed by atoms with Crippen LogP contribution in [-0.4, -0.2) is 59.0 Å². The van der Waals surface area contributed by atoms with E-state index < -0.39 is 18.9 Å². The number of benzene rings is 1. The SMILES string of the molecule is C[C@H]1COP23([C@@](O)(c4ccccc4)C(F)(F)F)OC[C@H](C)N2CCN13. The van der Waals surface area contributed by atoms with E-state index in [0.717, 1.165) is 0 Å². The monoisotopic (exact) mass is 378 g/mol. The molecule has 3 fully saturated rings. The predicted molar refractivity (Wildman–Crippen MR) is 87.6 cm³/mol. The van der Waals surface area contributed by atoms with Gasteiger partial charge in [-0.1, -0.05) is 0 Å². The first-order valence-electron chi connectivity index (χ1n) is 8.39. The predicted octanol–water partition coefficient (Wildman–Crippen LogP) is 3.06. The van der Waals surface area contributed by atoms with Crippen LogP contribution in [0.25, 0.3) is 0 Å². The van der Waals surface area contributed by atoms with E-state index >= 15 is 0 Å². The fourth-order valence-electron chi connectivity index (χ4n) is 4.66. The topological polar surface area (TPSA) is 45.2 Å². The van der Waals surface area contributed by atoms with Crippen molar-refractivity contribution in [2.45, 2.75) is 37.4 Å². The first-order chi connectivity index (χ1) is 11.7. The second kappa shape index (κ2) is 5.15. The number of alkyl halides is 3. The van der Waals surface area contributed by atoms with Crippen LogP contribution in [0.1, 0.15) is 19.4 Å². The van der Waals surface area contributed by atoms with Gasteiger partial charge >= 0.3 is 144 Å². The number of hydrogen-bond donors (Lipinski definition) is 1. The van der Waals surface area contributed by atoms with Gasteiger partial charge in [-0.2, -0.15) is 0 Å². The van der Waals surface area contributed by atoms with Gasteiger partial charge < -0.3 is 0 Å². The molecule has 4 rings (SSSR count). The number of nitrogens with zero attached hydrogens (tertiary/aromatic N) is 2. The minimum absolute atomic E-state index is 0.103. The fourth-order valence-corrected chi connectivity index (χ4v) is 11.1. The number of aliphatic hydroxyl groups is 1. The zero-order valence-corrected chi connectivity index (χ0v) is 15.0. The second-order valence-electron chi connectivity index (χ2n) is 7.02. The van der Waals surface area contributed by atoms with Crippen molar-refractivity contribution in [3.05, 3.63) is 35.9 Å². The third-order valence-electron chi connectivity index (χ3n) is 5.70. The molecule has 0 aromatic heterocycles. The quantitative estimate of drug-likeness (QED) is 0.802. The van der Waals surface area contributed by atoms with Gasteiger partial charge in [-0.05, 0) is 0 Å². The Labute approximate surface area is 144 Å². The number of halogens is 3. The number of hydrogen-bond acceptors (Lipinski definition) is 5. The molecule has 1 N–H and O–H groups in total. The zero-order chi connectivity index (χ0) is 18.1. The van der Waals surface area contributed by atoms with Crippen LogP contribution in [0.2, 0.25) is 0 Å². The molecule has 1 spiro atoms. The maximum atomic E-state index is 14.5. The normalized spacial score (nSPS) is 35.5. The van der Waals surface area contributed by atoms with Crippen LogP contribution in [0.15, 0.2) is 30.3 Å². The van der Waals surface area contributed by atoms with Crippen molar-refractivity contribution in [1.82, 2.24) is 9.34 Å². The Morgan fingerprint density at radius 1 is 1.00 bits per heavy atom. The molecule has 1 aromatic carbocycles. The van der Waals surface area contributed by atoms with Crippen LogP contribution in [0.5, 0.6) is 0 Å². The van der Waals surface area contributed by atoms with Gasteiger partial charge in [0.25, 0.3) is 0 Å². The Bertz CT molecular complexity index is 663. The average molecular weight is 378 g/mol. The van der Waals surface area contributed by atoms with Crippen LogP contribution < -0.4 is 0 Å². The van der Waals surface area contributed by atoms with E-state index in [1.807, 2.05) is 13.8 Å². The average Bonchev–Trinajstić information content (AvgIpc) is 3.16. The van der Waals surface area contributed by atoms with E-state index in [1.165, 1.54) is 24.3 Å². The summed E-state index contributed by atoms with van der Waals surface area (Å²) in [6.45, 7) is 4.61. The Kier molecular flexibility index (Phi) is 3.64. The summed E-state index contributed by atoms with van der Waals surface area (Å²) < 4.78 is 58.9. The Balaban J connectivity index is 2.06. The van der Waals surface area contributed by atoms with Crippen molar-refractivity contribution < 1.29 is 27.3 Å². The van der Waals surface area contributed by atoms with E-state index in [0.29, 0.717) is 13.1 Å². The summed E-state index contributed by atoms with van der Waals surface area (Å²) in [5.74, 6) is 0. The summed E-state index contributed by atoms with van der Waals surface area (Å²) in [6, 6.07) is 6.69. The van der Waals surface area contributed by atoms with Gasteiger partial charge in [0.05, 0.1) is 0 Å². The number of rotatable bonds is 2. The van der Waals surface area contributed by atoms with Crippen molar-refractivity contribution >= 4 is 7.36 Å². The van der Waals surface area contributed by atoms with Crippen molar-refractivity contribution in [2.75, 3.05) is 26.3 Å². The molecule has 140 valence electrons. The minimum atomic E-state index is -4.96. The molecule has 0 saturated carbocycles. The molecule has 5 nitrogen and oxygen atoms in total. The van der Waals surface area contributed by atoms with Gasteiger partial charge in [0.15, 0.2) is 0 Å². The summed E-state index contributed by atoms with van der Waals surface area (Å²) in [5.41, 5.74) is -0.236. The molecule has 0 aliphatic carbocycles. The maximum absolute atomic E-state index is 14.5. The molecule has 0 bridgehead atoms. The van der Waals surface area contributed by atoms with Crippen molar-refractivity contribution in [3.8, 4) is 0 Å². The Morgan fingerprint density at radius 2 is 1.48 bits per heavy atom. The van der Waals surface area contributed by atoms with E-state index in [4.69, 9.17) is 9.05 Å². The molecule has 0 radical (unpaired) electrons. The van der Waals surface area contributed by atoms with Crippen molar-refractivity contribution in [1.29, 1.82) is 0 Å². The summed E-state index contributed by atoms with van der Waals surface area (Å²) in [4.78, 5) is 0. The standard InChI is InChI=1S/C16H22F3N2O3P/c1-12-10-23-25(20(12)8-9-21(25)13(2)11-24-25)15(22,16(17,18)19)14-6-4-3-5-7-14/h3-7,12-13,22H,8-11H2,1-2H3/t12-,13-,15-/m0/s1. The first-order valence-corrected chi connectivity index (χ1v) is 10.4. The van der Waals surface area contributed by atoms with E-state index in [1.54, 1.807) is 15.4 Å². The van der Waals surface area contributed by atoms with Crippen LogP contribution in [0.3, 0.4) is 0 Å². The zero-order valence-electron chi connectivity index (χ0n) is 14.1. The molecule has 3 saturated heterocycles. The molecule has 3 heterocycles. The third-order valence-corrected chi connectivity index (χ3v) is 11.6. The van der Waals surface area contributed by atoms with Gasteiger partial charge in [0.2, 0.25) is 0 Å². The van der Waals surface area contributed by atoms with Gasteiger partial charge in [-0.3, -0.25) is 0 Å². The van der Waals surface area contributed by atoms with E-state index in [2.05, 4.69) is 0 Å². The third kappa shape index (κ3) is 1.76. The van der Waals surface area contributed by atoms with E-state index in [-0.39, 0.29) is 30.9 Å². The Hall–Kier alpha value is -0.760. The van der Waals surface area contributed by atoms with Gasteiger partial charge in [-0.15, -0.1) is 0 Å². The summed E-state index contributed by atoms with van der Waals surface area (Å²) >= 11 is 0. The Morgan fingerprint density at radius 3 is 1.92 bits per heavy atom. The van der Waals surface area contributed by atoms with Gasteiger partial charge in [-0.25, -0.2) is 0 Å². The molecule has 0 unspecified atom stereocenters. The van der Waals surface area contributed by atoms with Crippen LogP contribution >= 0.6 is 7.36 Å². The van der Waals surface area contributed by atoms with Gasteiger partial charge in [0.1, 0.15) is 0 Å². The molecule has 3 aliphatic heterocycles. The van der Waals surface area contributed by atoms with Crippen molar-refractivity contribution in [2.24, 2.45) is 0 Å². The van der Waals surface area contributed by atoms with E-state index in [9.17, 15) is 18.3 Å². The summed E-state index contributed by atoms with van der Waals surface area (Å²) in [7, 11) is -4.79. The molecule has 9 heteroatoms. The molecule has 3 aliphatic rings. The molecular weight excluding hydrogens is 356 g/mol. The van der Waals surface area contributed by atoms with Gasteiger partial charge in [0, 0.05) is 0 Å². The molecule has 25 heavy (non-hydrogen) atoms. The fraction of sp³-hybridized carbons (Fsp3) is 0.625. The first kappa shape index (κ1) is 17.6. The van der Waals surface area contributed by atoms with Crippen LogP contribution in [-0.2, 0) is 14.4 Å². The molecule has 3 atom stereocenters. The summed E-state index contributed by atoms with van der Waals surface area (Å²) in [5, 5.41) is 8.25. The molecular formula is C16H22F3N2O3P. The van der Waals surface area contributed by atoms with Crippen LogP contribution in [0, 0.1) is 0 Å². The molecule has 0 amide bonds. The van der Waals surface area contributed by atoms with Crippen molar-refractivity contribution in [3.63, 3.8) is 0 Å². The summed E-state index contributed by atoms with van der Waals surface area (Å²) in [6.07, 6.45) is -4.96. The van der Waals surface area contributed by atoms with Crippen LogP contribution in [0.4, 0.5) is 13.2 Å².